The standard InChI is InChI=1S/C23H20N4O4S/c1-31-21(29)12-24-22(30)16-7-9-17(10-8-16)25-20(28)11-18-14-32-23-26-19(13-27(18)23)15-5-3-2-4-6-15/h2-10,13-14H,11-12H2,1H3,(H,24,30)(H,25,28). The van der Waals surface area contributed by atoms with Crippen molar-refractivity contribution < 1.29 is 19.1 Å². The minimum Gasteiger partial charge on any atom is -0.468 e. The average Bonchev–Trinajstić information content (AvgIpc) is 3.40. The molecule has 4 aromatic rings. The second-order valence-corrected chi connectivity index (χ2v) is 7.77. The van der Waals surface area contributed by atoms with Crippen LogP contribution in [0.3, 0.4) is 0 Å². The minimum absolute atomic E-state index is 0.178. The van der Waals surface area contributed by atoms with E-state index in [0.29, 0.717) is 11.3 Å². The largest absolute Gasteiger partial charge is 0.468 e. The highest BCUT2D eigenvalue weighted by Crippen LogP contribution is 2.24. The Labute approximate surface area is 187 Å². The Morgan fingerprint density at radius 3 is 2.53 bits per heavy atom. The number of nitrogens with one attached hydrogen (secondary N) is 2. The number of esters is 1. The molecule has 2 heterocycles. The Balaban J connectivity index is 1.38. The van der Waals surface area contributed by atoms with Gasteiger partial charge in [-0.15, -0.1) is 11.3 Å². The Bertz CT molecular complexity index is 1260. The minimum atomic E-state index is -0.529. The fourth-order valence-corrected chi connectivity index (χ4v) is 3.98. The van der Waals surface area contributed by atoms with Crippen LogP contribution in [0, 0.1) is 0 Å². The molecule has 2 aromatic heterocycles. The molecule has 0 bridgehead atoms. The van der Waals surface area contributed by atoms with E-state index < -0.39 is 11.9 Å². The summed E-state index contributed by atoms with van der Waals surface area (Å²) in [5.74, 6) is -1.11. The van der Waals surface area contributed by atoms with Crippen LogP contribution in [-0.2, 0) is 20.7 Å². The maximum Gasteiger partial charge on any atom is 0.325 e. The Kier molecular flexibility index (Phi) is 6.27. The van der Waals surface area contributed by atoms with Crippen LogP contribution in [0.2, 0.25) is 0 Å². The number of rotatable bonds is 7. The van der Waals surface area contributed by atoms with Gasteiger partial charge in [0, 0.05) is 34.1 Å². The quantitative estimate of drug-likeness (QED) is 0.423. The summed E-state index contributed by atoms with van der Waals surface area (Å²) in [5, 5.41) is 7.22. The van der Waals surface area contributed by atoms with Crippen molar-refractivity contribution in [2.45, 2.75) is 6.42 Å². The van der Waals surface area contributed by atoms with Crippen LogP contribution >= 0.6 is 11.3 Å². The number of anilines is 1. The smallest absolute Gasteiger partial charge is 0.325 e. The number of aromatic nitrogens is 2. The van der Waals surface area contributed by atoms with Gasteiger partial charge in [-0.05, 0) is 24.3 Å². The third kappa shape index (κ3) is 4.84. The van der Waals surface area contributed by atoms with E-state index in [2.05, 4.69) is 20.4 Å². The fraction of sp³-hybridized carbons (Fsp3) is 0.130. The first-order chi connectivity index (χ1) is 15.5. The molecule has 2 amide bonds. The first kappa shape index (κ1) is 21.3. The zero-order valence-corrected chi connectivity index (χ0v) is 18.0. The molecule has 4 rings (SSSR count). The van der Waals surface area contributed by atoms with E-state index in [4.69, 9.17) is 0 Å². The highest BCUT2D eigenvalue weighted by Gasteiger charge is 2.13. The molecule has 0 aliphatic carbocycles. The molecular weight excluding hydrogens is 428 g/mol. The zero-order valence-electron chi connectivity index (χ0n) is 17.2. The van der Waals surface area contributed by atoms with E-state index in [1.165, 1.54) is 18.4 Å². The molecule has 0 atom stereocenters. The number of thiazole rings is 1. The maximum absolute atomic E-state index is 12.6. The van der Waals surface area contributed by atoms with Crippen molar-refractivity contribution in [3.8, 4) is 11.3 Å². The lowest BCUT2D eigenvalue weighted by Crippen LogP contribution is -2.30. The third-order valence-electron chi connectivity index (χ3n) is 4.75. The average molecular weight is 449 g/mol. The lowest BCUT2D eigenvalue weighted by atomic mass is 10.2. The number of carbonyl (C=O) groups excluding carboxylic acids is 3. The van der Waals surface area contributed by atoms with Crippen molar-refractivity contribution in [1.29, 1.82) is 0 Å². The van der Waals surface area contributed by atoms with Crippen molar-refractivity contribution in [3.63, 3.8) is 0 Å². The van der Waals surface area contributed by atoms with Crippen LogP contribution in [0.4, 0.5) is 5.69 Å². The summed E-state index contributed by atoms with van der Waals surface area (Å²) < 4.78 is 6.42. The van der Waals surface area contributed by atoms with Crippen LogP contribution in [0.5, 0.6) is 0 Å². The molecule has 162 valence electrons. The summed E-state index contributed by atoms with van der Waals surface area (Å²) in [5.41, 5.74) is 3.67. The Hall–Kier alpha value is -3.98. The van der Waals surface area contributed by atoms with E-state index in [-0.39, 0.29) is 18.9 Å². The Morgan fingerprint density at radius 1 is 1.06 bits per heavy atom. The van der Waals surface area contributed by atoms with Crippen LogP contribution in [0.1, 0.15) is 16.1 Å². The normalized spacial score (nSPS) is 10.7. The van der Waals surface area contributed by atoms with Crippen LogP contribution < -0.4 is 10.6 Å². The van der Waals surface area contributed by atoms with E-state index >= 15 is 0 Å². The lowest BCUT2D eigenvalue weighted by molar-refractivity contribution is -0.139. The van der Waals surface area contributed by atoms with E-state index in [1.807, 2.05) is 46.3 Å². The predicted molar refractivity (Wildman–Crippen MR) is 122 cm³/mol. The highest BCUT2D eigenvalue weighted by molar-refractivity contribution is 7.15. The van der Waals surface area contributed by atoms with Gasteiger partial charge < -0.3 is 15.4 Å². The van der Waals surface area contributed by atoms with Gasteiger partial charge in [-0.1, -0.05) is 30.3 Å². The zero-order chi connectivity index (χ0) is 22.5. The molecule has 0 saturated heterocycles. The van der Waals surface area contributed by atoms with Gasteiger partial charge in [-0.3, -0.25) is 18.8 Å². The summed E-state index contributed by atoms with van der Waals surface area (Å²) >= 11 is 1.49. The molecule has 2 N–H and O–H groups in total. The summed E-state index contributed by atoms with van der Waals surface area (Å²) in [6.07, 6.45) is 2.12. The van der Waals surface area contributed by atoms with Gasteiger partial charge in [0.15, 0.2) is 4.96 Å². The second kappa shape index (κ2) is 9.44. The molecule has 0 spiro atoms. The van der Waals surface area contributed by atoms with Crippen molar-refractivity contribution in [1.82, 2.24) is 14.7 Å². The van der Waals surface area contributed by atoms with E-state index in [0.717, 1.165) is 21.9 Å². The van der Waals surface area contributed by atoms with E-state index in [1.54, 1.807) is 24.3 Å². The van der Waals surface area contributed by atoms with Gasteiger partial charge in [0.1, 0.15) is 6.54 Å². The second-order valence-electron chi connectivity index (χ2n) is 6.93. The summed E-state index contributed by atoms with van der Waals surface area (Å²) in [6, 6.07) is 16.3. The van der Waals surface area contributed by atoms with Crippen molar-refractivity contribution in [2.75, 3.05) is 19.0 Å². The number of methoxy groups -OCH3 is 1. The number of hydrogen-bond donors (Lipinski definition) is 2. The molecule has 8 nitrogen and oxygen atoms in total. The number of ether oxygens (including phenoxy) is 1. The van der Waals surface area contributed by atoms with Gasteiger partial charge in [0.2, 0.25) is 5.91 Å². The topological polar surface area (TPSA) is 102 Å². The Morgan fingerprint density at radius 2 is 1.81 bits per heavy atom. The number of imidazole rings is 1. The molecule has 32 heavy (non-hydrogen) atoms. The van der Waals surface area contributed by atoms with E-state index in [9.17, 15) is 14.4 Å². The molecule has 9 heteroatoms. The number of fused-ring (bicyclic) bond motifs is 1. The van der Waals surface area contributed by atoms with Gasteiger partial charge in [-0.2, -0.15) is 0 Å². The monoisotopic (exact) mass is 448 g/mol. The molecular formula is C23H20N4O4S. The van der Waals surface area contributed by atoms with Crippen molar-refractivity contribution >= 4 is 39.8 Å². The van der Waals surface area contributed by atoms with Crippen LogP contribution in [0.25, 0.3) is 16.2 Å². The van der Waals surface area contributed by atoms with Gasteiger partial charge >= 0.3 is 5.97 Å². The summed E-state index contributed by atoms with van der Waals surface area (Å²) in [6.45, 7) is -0.205. The third-order valence-corrected chi connectivity index (χ3v) is 5.64. The van der Waals surface area contributed by atoms with Gasteiger partial charge in [-0.25, -0.2) is 4.98 Å². The predicted octanol–water partition coefficient (Wildman–Crippen LogP) is 3.15. The molecule has 0 radical (unpaired) electrons. The molecule has 0 unspecified atom stereocenters. The first-order valence-corrected chi connectivity index (χ1v) is 10.7. The summed E-state index contributed by atoms with van der Waals surface area (Å²) in [7, 11) is 1.25. The van der Waals surface area contributed by atoms with Gasteiger partial charge in [0.05, 0.1) is 19.2 Å². The molecule has 0 saturated carbocycles. The number of benzene rings is 2. The van der Waals surface area contributed by atoms with Crippen LogP contribution in [0.15, 0.2) is 66.2 Å². The maximum atomic E-state index is 12.6. The summed E-state index contributed by atoms with van der Waals surface area (Å²) in [4.78, 5) is 41.2. The lowest BCUT2D eigenvalue weighted by Gasteiger charge is -2.07. The van der Waals surface area contributed by atoms with Gasteiger partial charge in [0.25, 0.3) is 5.91 Å². The number of carbonyl (C=O) groups is 3. The fourth-order valence-electron chi connectivity index (χ4n) is 3.11. The highest BCUT2D eigenvalue weighted by atomic mass is 32.1. The number of nitrogens with zero attached hydrogens (tertiary/aromatic N) is 2. The molecule has 0 fully saturated rings. The molecule has 2 aromatic carbocycles. The van der Waals surface area contributed by atoms with Crippen molar-refractivity contribution in [3.05, 3.63) is 77.4 Å². The SMILES string of the molecule is COC(=O)CNC(=O)c1ccc(NC(=O)Cc2csc3nc(-c4ccccc4)cn23)cc1. The first-order valence-electron chi connectivity index (χ1n) is 9.79. The van der Waals surface area contributed by atoms with Crippen LogP contribution in [-0.4, -0.2) is 40.8 Å². The molecule has 0 aliphatic rings. The molecule has 0 aliphatic heterocycles. The number of amides is 2. The number of hydrogen-bond acceptors (Lipinski definition) is 6. The van der Waals surface area contributed by atoms with Crippen molar-refractivity contribution in [2.24, 2.45) is 0 Å².